The number of aliphatic hydroxyl groups excluding tert-OH is 2. The van der Waals surface area contributed by atoms with Crippen LogP contribution >= 0.6 is 0 Å². The van der Waals surface area contributed by atoms with Crippen molar-refractivity contribution in [1.82, 2.24) is 5.32 Å². The molecule has 0 aliphatic carbocycles. The predicted molar refractivity (Wildman–Crippen MR) is 120 cm³/mol. The average Bonchev–Trinajstić information content (AvgIpc) is 2.75. The molecule has 1 aliphatic heterocycles. The molecule has 0 radical (unpaired) electrons. The first-order chi connectivity index (χ1) is 15.4. The molecule has 188 valence electrons. The van der Waals surface area contributed by atoms with Crippen LogP contribution in [0.25, 0.3) is 0 Å². The molecule has 1 rings (SSSR count). The molecule has 0 aromatic carbocycles. The van der Waals surface area contributed by atoms with Gasteiger partial charge in [-0.25, -0.2) is 0 Å². The maximum absolute atomic E-state index is 11.4. The van der Waals surface area contributed by atoms with Gasteiger partial charge in [0.1, 0.15) is 24.4 Å². The summed E-state index contributed by atoms with van der Waals surface area (Å²) in [5.41, 5.74) is 0. The van der Waals surface area contributed by atoms with E-state index in [0.717, 1.165) is 19.3 Å². The zero-order valence-electron chi connectivity index (χ0n) is 20.9. The molecule has 0 aromatic rings. The van der Waals surface area contributed by atoms with Gasteiger partial charge in [-0.15, -0.1) is 0 Å². The van der Waals surface area contributed by atoms with E-state index < -0.39 is 42.5 Å². The molecule has 3 N–H and O–H groups in total. The number of carboxylic acids is 1. The minimum Gasteiger partial charge on any atom is -0.547 e. The summed E-state index contributed by atoms with van der Waals surface area (Å²) in [4.78, 5) is 22.5. The minimum absolute atomic E-state index is 0. The fourth-order valence-corrected chi connectivity index (χ4v) is 4.08. The van der Waals surface area contributed by atoms with Crippen LogP contribution in [0.5, 0.6) is 0 Å². The Balaban J connectivity index is 0.0000102. The number of rotatable bonds is 18. The molecule has 33 heavy (non-hydrogen) atoms. The van der Waals surface area contributed by atoms with E-state index in [1.54, 1.807) is 0 Å². The van der Waals surface area contributed by atoms with Crippen molar-refractivity contribution < 1.29 is 63.9 Å². The molecule has 1 heterocycles. The number of aliphatic hydroxyl groups is 2. The smallest absolute Gasteiger partial charge is 0.547 e. The Morgan fingerprint density at radius 1 is 0.848 bits per heavy atom. The number of hydrogen-bond acceptors (Lipinski definition) is 7. The van der Waals surface area contributed by atoms with Crippen LogP contribution in [0.4, 0.5) is 0 Å². The van der Waals surface area contributed by atoms with E-state index >= 15 is 0 Å². The first-order valence-corrected chi connectivity index (χ1v) is 12.5. The second-order valence-corrected chi connectivity index (χ2v) is 8.92. The first-order valence-electron chi connectivity index (χ1n) is 12.5. The van der Waals surface area contributed by atoms with Crippen LogP contribution < -0.4 is 40.0 Å². The van der Waals surface area contributed by atoms with Crippen molar-refractivity contribution in [2.24, 2.45) is 0 Å². The van der Waals surface area contributed by atoms with Crippen molar-refractivity contribution in [3.05, 3.63) is 0 Å². The molecule has 1 aliphatic rings. The van der Waals surface area contributed by atoms with Crippen LogP contribution in [-0.4, -0.2) is 59.3 Å². The van der Waals surface area contributed by atoms with Crippen LogP contribution in [-0.2, 0) is 19.1 Å². The van der Waals surface area contributed by atoms with Crippen LogP contribution in [0.2, 0.25) is 0 Å². The van der Waals surface area contributed by atoms with Crippen LogP contribution in [0.15, 0.2) is 0 Å². The Labute approximate surface area is 221 Å². The number of ether oxygens (including phenoxy) is 2. The summed E-state index contributed by atoms with van der Waals surface area (Å²) in [5.74, 6) is -2.08. The van der Waals surface area contributed by atoms with Crippen molar-refractivity contribution in [2.45, 2.75) is 134 Å². The SMILES string of the molecule is CCCCCCCCCCCCCCCCOC1O[C@H](C(=O)[O-])[C@@H](O)[C@H](O)[C@H]1NC(C)=O.[Na+]. The van der Waals surface area contributed by atoms with E-state index in [1.165, 1.54) is 77.6 Å². The molecule has 0 aromatic heterocycles. The average molecular weight is 482 g/mol. The second-order valence-electron chi connectivity index (χ2n) is 8.92. The largest absolute Gasteiger partial charge is 1.00 e. The van der Waals surface area contributed by atoms with Gasteiger partial charge in [-0.3, -0.25) is 4.79 Å². The Hall–Kier alpha value is -0.220. The number of amides is 1. The van der Waals surface area contributed by atoms with Gasteiger partial charge in [-0.2, -0.15) is 0 Å². The van der Waals surface area contributed by atoms with Gasteiger partial charge < -0.3 is 34.9 Å². The maximum Gasteiger partial charge on any atom is 1.00 e. The third-order valence-electron chi connectivity index (χ3n) is 5.98. The Morgan fingerprint density at radius 2 is 1.30 bits per heavy atom. The van der Waals surface area contributed by atoms with Crippen LogP contribution in [0.1, 0.15) is 104 Å². The monoisotopic (exact) mass is 481 g/mol. The number of aliphatic carboxylic acids is 1. The molecule has 0 bridgehead atoms. The summed E-state index contributed by atoms with van der Waals surface area (Å²) in [7, 11) is 0. The van der Waals surface area contributed by atoms with Gasteiger partial charge in [0.15, 0.2) is 6.29 Å². The standard InChI is InChI=1S/C24H45NO7.Na/c1-3-4-5-6-7-8-9-10-11-12-13-14-15-16-17-31-24-19(25-18(2)26)20(27)21(28)22(32-24)23(29)30;/h19-22,24,27-28H,3-17H2,1-2H3,(H,25,26)(H,29,30);/q;+1/p-1/t19-,20-,21+,22+,24?;/m1./s1. The second kappa shape index (κ2) is 20.0. The molecule has 9 heteroatoms. The van der Waals surface area contributed by atoms with Gasteiger partial charge in [0.25, 0.3) is 0 Å². The number of unbranched alkanes of at least 4 members (excludes halogenated alkanes) is 13. The summed E-state index contributed by atoms with van der Waals surface area (Å²) in [6.45, 7) is 3.81. The quantitative estimate of drug-likeness (QED) is 0.173. The van der Waals surface area contributed by atoms with Gasteiger partial charge in [-0.1, -0.05) is 90.4 Å². The summed E-state index contributed by atoms with van der Waals surface area (Å²) in [6.07, 6.45) is 11.2. The topological polar surface area (TPSA) is 128 Å². The van der Waals surface area contributed by atoms with E-state index in [0.29, 0.717) is 6.61 Å². The predicted octanol–water partition coefficient (Wildman–Crippen LogP) is -0.810. The van der Waals surface area contributed by atoms with Gasteiger partial charge in [0, 0.05) is 13.5 Å². The molecule has 1 amide bonds. The number of nitrogens with one attached hydrogen (secondary N) is 1. The summed E-state index contributed by atoms with van der Waals surface area (Å²) < 4.78 is 10.9. The Bertz CT molecular complexity index is 523. The van der Waals surface area contributed by atoms with E-state index in [2.05, 4.69) is 12.2 Å². The third-order valence-corrected chi connectivity index (χ3v) is 5.98. The number of carboxylic acid groups (broad SMARTS) is 1. The third kappa shape index (κ3) is 14.1. The summed E-state index contributed by atoms with van der Waals surface area (Å²) in [5, 5.41) is 33.7. The normalized spacial score (nSPS) is 24.8. The fraction of sp³-hybridized carbons (Fsp3) is 0.917. The van der Waals surface area contributed by atoms with Crippen molar-refractivity contribution in [2.75, 3.05) is 6.61 Å². The van der Waals surface area contributed by atoms with Gasteiger partial charge in [-0.05, 0) is 6.42 Å². The number of carbonyl (C=O) groups excluding carboxylic acids is 2. The van der Waals surface area contributed by atoms with Crippen molar-refractivity contribution in [1.29, 1.82) is 0 Å². The van der Waals surface area contributed by atoms with E-state index in [1.807, 2.05) is 0 Å². The zero-order chi connectivity index (χ0) is 23.8. The van der Waals surface area contributed by atoms with E-state index in [-0.39, 0.29) is 29.6 Å². The van der Waals surface area contributed by atoms with Gasteiger partial charge in [0.05, 0.1) is 5.97 Å². The molecule has 0 saturated carbocycles. The zero-order valence-corrected chi connectivity index (χ0v) is 22.9. The van der Waals surface area contributed by atoms with Crippen molar-refractivity contribution >= 4 is 11.9 Å². The van der Waals surface area contributed by atoms with E-state index in [9.17, 15) is 24.9 Å². The number of hydrogen-bond donors (Lipinski definition) is 3. The first kappa shape index (κ1) is 32.8. The van der Waals surface area contributed by atoms with Crippen LogP contribution in [0, 0.1) is 0 Å². The van der Waals surface area contributed by atoms with Gasteiger partial charge >= 0.3 is 29.6 Å². The molecular formula is C24H44NNaO7. The molecule has 8 nitrogen and oxygen atoms in total. The summed E-state index contributed by atoms with van der Waals surface area (Å²) >= 11 is 0. The molecule has 1 unspecified atom stereocenters. The molecule has 5 atom stereocenters. The maximum atomic E-state index is 11.4. The minimum atomic E-state index is -1.71. The summed E-state index contributed by atoms with van der Waals surface area (Å²) in [6, 6.07) is -1.05. The number of carbonyl (C=O) groups is 2. The van der Waals surface area contributed by atoms with Crippen molar-refractivity contribution in [3.63, 3.8) is 0 Å². The molecule has 0 spiro atoms. The Kier molecular flexibility index (Phi) is 19.9. The van der Waals surface area contributed by atoms with Gasteiger partial charge in [0.2, 0.25) is 5.91 Å². The fourth-order valence-electron chi connectivity index (χ4n) is 4.08. The van der Waals surface area contributed by atoms with Crippen molar-refractivity contribution in [3.8, 4) is 0 Å². The molecular weight excluding hydrogens is 437 g/mol. The van der Waals surface area contributed by atoms with Crippen LogP contribution in [0.3, 0.4) is 0 Å². The Morgan fingerprint density at radius 3 is 1.73 bits per heavy atom. The molecule has 1 fully saturated rings. The molecule has 1 saturated heterocycles. The van der Waals surface area contributed by atoms with E-state index in [4.69, 9.17) is 9.47 Å².